The number of ether oxygens (including phenoxy) is 1. The van der Waals surface area contributed by atoms with Crippen molar-refractivity contribution in [3.05, 3.63) is 18.0 Å². The molecule has 0 unspecified atom stereocenters. The number of aromatic amines is 1. The molecule has 0 saturated carbocycles. The zero-order valence-corrected chi connectivity index (χ0v) is 9.26. The molecule has 0 spiro atoms. The lowest BCUT2D eigenvalue weighted by atomic mass is 10.1. The van der Waals surface area contributed by atoms with Crippen LogP contribution in [0.3, 0.4) is 0 Å². The number of nitrogens with one attached hydrogen (secondary N) is 2. The Kier molecular flexibility index (Phi) is 3.36. The van der Waals surface area contributed by atoms with Gasteiger partial charge in [0.2, 0.25) is 0 Å². The minimum absolute atomic E-state index is 0.183. The van der Waals surface area contributed by atoms with Crippen LogP contribution in [0.4, 0.5) is 5.69 Å². The summed E-state index contributed by atoms with van der Waals surface area (Å²) < 4.78 is 5.18. The summed E-state index contributed by atoms with van der Waals surface area (Å²) in [5.74, 6) is -0.183. The van der Waals surface area contributed by atoms with Crippen molar-refractivity contribution < 1.29 is 9.53 Å². The molecule has 4 N–H and O–H groups in total. The summed E-state index contributed by atoms with van der Waals surface area (Å²) in [5.41, 5.74) is 6.13. The lowest BCUT2D eigenvalue weighted by Gasteiger charge is -2.22. The van der Waals surface area contributed by atoms with Gasteiger partial charge in [-0.3, -0.25) is 4.79 Å². The maximum absolute atomic E-state index is 11.6. The maximum atomic E-state index is 11.6. The number of carbonyl (C=O) groups excluding carboxylic acids is 1. The summed E-state index contributed by atoms with van der Waals surface area (Å²) >= 11 is 0. The molecule has 0 radical (unpaired) electrons. The van der Waals surface area contributed by atoms with Gasteiger partial charge in [-0.15, -0.1) is 0 Å². The molecule has 0 aliphatic carbocycles. The average molecular weight is 211 g/mol. The molecule has 5 nitrogen and oxygen atoms in total. The average Bonchev–Trinajstić information content (AvgIpc) is 2.61. The van der Waals surface area contributed by atoms with Gasteiger partial charge in [-0.05, 0) is 19.9 Å². The number of H-pyrrole nitrogens is 1. The number of hydrogen-bond donors (Lipinski definition) is 3. The highest BCUT2D eigenvalue weighted by atomic mass is 16.5. The Hall–Kier alpha value is -1.49. The zero-order valence-electron chi connectivity index (χ0n) is 9.26. The van der Waals surface area contributed by atoms with Crippen LogP contribution < -0.4 is 11.1 Å². The van der Waals surface area contributed by atoms with Crippen LogP contribution in [0, 0.1) is 0 Å². The monoisotopic (exact) mass is 211 g/mol. The first-order chi connectivity index (χ1) is 6.94. The maximum Gasteiger partial charge on any atom is 0.267 e. The second kappa shape index (κ2) is 4.35. The van der Waals surface area contributed by atoms with Gasteiger partial charge in [0.15, 0.2) is 0 Å². The third-order valence-electron chi connectivity index (χ3n) is 2.18. The predicted octanol–water partition coefficient (Wildman–Crippen LogP) is 0.752. The highest BCUT2D eigenvalue weighted by Crippen LogP contribution is 2.07. The van der Waals surface area contributed by atoms with Crippen molar-refractivity contribution in [1.29, 1.82) is 0 Å². The molecule has 0 bridgehead atoms. The minimum atomic E-state index is -0.367. The Morgan fingerprint density at radius 2 is 2.33 bits per heavy atom. The number of carbonyl (C=O) groups is 1. The van der Waals surface area contributed by atoms with Gasteiger partial charge in [-0.2, -0.15) is 0 Å². The molecule has 1 aromatic heterocycles. The van der Waals surface area contributed by atoms with Crippen molar-refractivity contribution >= 4 is 11.6 Å². The lowest BCUT2D eigenvalue weighted by Crippen LogP contribution is -2.39. The topological polar surface area (TPSA) is 80.1 Å². The standard InChI is InChI=1S/C10H17N3O2/c1-10(2,15-3)6-13-9(14)8-4-7(11)5-12-8/h4-5,12H,6,11H2,1-3H3,(H,13,14). The van der Waals surface area contributed by atoms with E-state index >= 15 is 0 Å². The normalized spacial score (nSPS) is 11.4. The number of aromatic nitrogens is 1. The lowest BCUT2D eigenvalue weighted by molar-refractivity contribution is 0.0228. The molecule has 84 valence electrons. The molecule has 1 amide bonds. The van der Waals surface area contributed by atoms with E-state index in [4.69, 9.17) is 10.5 Å². The Bertz CT molecular complexity index is 344. The molecule has 0 aliphatic rings. The van der Waals surface area contributed by atoms with Gasteiger partial charge in [-0.25, -0.2) is 0 Å². The molecule has 0 fully saturated rings. The Balaban J connectivity index is 2.50. The largest absolute Gasteiger partial charge is 0.397 e. The van der Waals surface area contributed by atoms with Gasteiger partial charge in [0.05, 0.1) is 5.60 Å². The number of hydrogen-bond acceptors (Lipinski definition) is 3. The van der Waals surface area contributed by atoms with Crippen molar-refractivity contribution in [2.75, 3.05) is 19.4 Å². The van der Waals surface area contributed by atoms with Gasteiger partial charge in [0.25, 0.3) is 5.91 Å². The third kappa shape index (κ3) is 3.28. The van der Waals surface area contributed by atoms with Crippen molar-refractivity contribution in [1.82, 2.24) is 10.3 Å². The summed E-state index contributed by atoms with van der Waals surface area (Å²) in [7, 11) is 1.61. The summed E-state index contributed by atoms with van der Waals surface area (Å²) in [5, 5.41) is 2.75. The summed E-state index contributed by atoms with van der Waals surface area (Å²) in [4.78, 5) is 14.3. The van der Waals surface area contributed by atoms with Crippen LogP contribution in [-0.4, -0.2) is 30.1 Å². The number of methoxy groups -OCH3 is 1. The Morgan fingerprint density at radius 3 is 2.80 bits per heavy atom. The van der Waals surface area contributed by atoms with Crippen LogP contribution >= 0.6 is 0 Å². The summed E-state index contributed by atoms with van der Waals surface area (Å²) in [6, 6.07) is 1.59. The molecule has 5 heteroatoms. The van der Waals surface area contributed by atoms with Gasteiger partial charge < -0.3 is 20.8 Å². The van der Waals surface area contributed by atoms with E-state index < -0.39 is 0 Å². The molecule has 0 aliphatic heterocycles. The van der Waals surface area contributed by atoms with Crippen molar-refractivity contribution in [3.8, 4) is 0 Å². The molecule has 1 aromatic rings. The number of nitrogens with two attached hydrogens (primary N) is 1. The fraction of sp³-hybridized carbons (Fsp3) is 0.500. The van der Waals surface area contributed by atoms with Crippen LogP contribution in [0.1, 0.15) is 24.3 Å². The smallest absolute Gasteiger partial charge is 0.267 e. The molecular formula is C10H17N3O2. The van der Waals surface area contributed by atoms with Crippen LogP contribution in [0.15, 0.2) is 12.3 Å². The highest BCUT2D eigenvalue weighted by molar-refractivity contribution is 5.93. The Morgan fingerprint density at radius 1 is 1.67 bits per heavy atom. The minimum Gasteiger partial charge on any atom is -0.397 e. The second-order valence-corrected chi connectivity index (χ2v) is 3.99. The Labute approximate surface area is 89.0 Å². The first-order valence-corrected chi connectivity index (χ1v) is 4.72. The summed E-state index contributed by atoms with van der Waals surface area (Å²) in [6.07, 6.45) is 1.58. The predicted molar refractivity (Wildman–Crippen MR) is 58.6 cm³/mol. The van der Waals surface area contributed by atoms with E-state index in [1.165, 1.54) is 0 Å². The van der Waals surface area contributed by atoms with Gasteiger partial charge >= 0.3 is 0 Å². The first kappa shape index (κ1) is 11.6. The third-order valence-corrected chi connectivity index (χ3v) is 2.18. The van der Waals surface area contributed by atoms with Gasteiger partial charge in [0, 0.05) is 25.5 Å². The molecule has 0 aromatic carbocycles. The number of anilines is 1. The van der Waals surface area contributed by atoms with Crippen molar-refractivity contribution in [2.45, 2.75) is 19.4 Å². The van der Waals surface area contributed by atoms with E-state index in [1.807, 2.05) is 13.8 Å². The molecule has 15 heavy (non-hydrogen) atoms. The first-order valence-electron chi connectivity index (χ1n) is 4.72. The van der Waals surface area contributed by atoms with Crippen molar-refractivity contribution in [2.24, 2.45) is 0 Å². The molecule has 1 rings (SSSR count). The molecular weight excluding hydrogens is 194 g/mol. The molecule has 0 saturated heterocycles. The van der Waals surface area contributed by atoms with Crippen molar-refractivity contribution in [3.63, 3.8) is 0 Å². The van der Waals surface area contributed by atoms with E-state index in [2.05, 4.69) is 10.3 Å². The van der Waals surface area contributed by atoms with Gasteiger partial charge in [0.1, 0.15) is 5.69 Å². The number of rotatable bonds is 4. The van der Waals surface area contributed by atoms with E-state index in [0.717, 1.165) is 0 Å². The highest BCUT2D eigenvalue weighted by Gasteiger charge is 2.18. The fourth-order valence-electron chi connectivity index (χ4n) is 1.00. The number of nitrogen functional groups attached to an aromatic ring is 1. The SMILES string of the molecule is COC(C)(C)CNC(=O)c1cc(N)c[nH]1. The van der Waals surface area contributed by atoms with Gasteiger partial charge in [-0.1, -0.05) is 0 Å². The van der Waals surface area contributed by atoms with Crippen LogP contribution in [0.25, 0.3) is 0 Å². The van der Waals surface area contributed by atoms with E-state index in [1.54, 1.807) is 19.4 Å². The molecule has 1 heterocycles. The second-order valence-electron chi connectivity index (χ2n) is 3.99. The van der Waals surface area contributed by atoms with E-state index in [-0.39, 0.29) is 11.5 Å². The number of amides is 1. The summed E-state index contributed by atoms with van der Waals surface area (Å²) in [6.45, 7) is 4.24. The zero-order chi connectivity index (χ0) is 11.5. The fourth-order valence-corrected chi connectivity index (χ4v) is 1.00. The van der Waals surface area contributed by atoms with E-state index in [0.29, 0.717) is 17.9 Å². The quantitative estimate of drug-likeness (QED) is 0.687. The molecule has 0 atom stereocenters. The van der Waals surface area contributed by atoms with Crippen LogP contribution in [0.5, 0.6) is 0 Å². The van der Waals surface area contributed by atoms with E-state index in [9.17, 15) is 4.79 Å². The van der Waals surface area contributed by atoms with Crippen LogP contribution in [0.2, 0.25) is 0 Å². The van der Waals surface area contributed by atoms with Crippen LogP contribution in [-0.2, 0) is 4.74 Å².